The van der Waals surface area contributed by atoms with E-state index in [-0.39, 0.29) is 17.9 Å². The van der Waals surface area contributed by atoms with E-state index in [1.165, 1.54) is 5.56 Å². The number of piperidine rings is 1. The number of hydrogen-bond acceptors (Lipinski definition) is 3. The lowest BCUT2D eigenvalue weighted by molar-refractivity contribution is -0.136. The van der Waals surface area contributed by atoms with Crippen LogP contribution in [-0.4, -0.2) is 54.3 Å². The molecule has 2 aliphatic heterocycles. The van der Waals surface area contributed by atoms with E-state index in [0.717, 1.165) is 63.8 Å². The predicted molar refractivity (Wildman–Crippen MR) is 122 cm³/mol. The summed E-state index contributed by atoms with van der Waals surface area (Å²) < 4.78 is 0. The number of carbonyl (C=O) groups is 2. The molecule has 0 bridgehead atoms. The highest BCUT2D eigenvalue weighted by molar-refractivity contribution is 5.80. The molecule has 0 saturated carbocycles. The molecule has 2 saturated heterocycles. The molecule has 1 N–H and O–H groups in total. The third-order valence-corrected chi connectivity index (χ3v) is 6.54. The van der Waals surface area contributed by atoms with Crippen molar-refractivity contribution in [1.29, 1.82) is 0 Å². The average molecular weight is 420 g/mol. The van der Waals surface area contributed by atoms with Gasteiger partial charge in [0.25, 0.3) is 0 Å². The molecule has 31 heavy (non-hydrogen) atoms. The topological polar surface area (TPSA) is 52.7 Å². The van der Waals surface area contributed by atoms with Gasteiger partial charge in [0.1, 0.15) is 0 Å². The Balaban J connectivity index is 1.30. The van der Waals surface area contributed by atoms with Gasteiger partial charge in [-0.15, -0.1) is 0 Å². The van der Waals surface area contributed by atoms with Gasteiger partial charge in [-0.3, -0.25) is 14.5 Å². The first-order valence-corrected chi connectivity index (χ1v) is 11.6. The SMILES string of the molecule is O=C(CN1CCC(C(=O)N2CCCC2)CC1)NC(Cc1ccccc1)c1ccccc1. The fraction of sp³-hybridized carbons (Fsp3) is 0.462. The van der Waals surface area contributed by atoms with Crippen LogP contribution in [0.25, 0.3) is 0 Å². The maximum absolute atomic E-state index is 12.9. The first-order valence-electron chi connectivity index (χ1n) is 11.6. The van der Waals surface area contributed by atoms with Crippen LogP contribution in [0.3, 0.4) is 0 Å². The fourth-order valence-corrected chi connectivity index (χ4v) is 4.76. The van der Waals surface area contributed by atoms with Crippen molar-refractivity contribution in [1.82, 2.24) is 15.1 Å². The van der Waals surface area contributed by atoms with Crippen LogP contribution < -0.4 is 5.32 Å². The molecule has 2 amide bonds. The van der Waals surface area contributed by atoms with Gasteiger partial charge in [0.2, 0.25) is 11.8 Å². The first kappa shape index (κ1) is 21.6. The molecular weight excluding hydrogens is 386 g/mol. The molecule has 2 aromatic carbocycles. The molecule has 164 valence electrons. The molecule has 4 rings (SSSR count). The van der Waals surface area contributed by atoms with E-state index in [2.05, 4.69) is 34.5 Å². The van der Waals surface area contributed by atoms with Gasteiger partial charge in [0.15, 0.2) is 0 Å². The highest BCUT2D eigenvalue weighted by atomic mass is 16.2. The Kier molecular flexibility index (Phi) is 7.36. The van der Waals surface area contributed by atoms with Crippen molar-refractivity contribution in [2.24, 2.45) is 5.92 Å². The van der Waals surface area contributed by atoms with E-state index in [1.807, 2.05) is 41.3 Å². The summed E-state index contributed by atoms with van der Waals surface area (Å²) in [5.41, 5.74) is 2.33. The van der Waals surface area contributed by atoms with Gasteiger partial charge >= 0.3 is 0 Å². The number of carbonyl (C=O) groups excluding carboxylic acids is 2. The highest BCUT2D eigenvalue weighted by Crippen LogP contribution is 2.22. The van der Waals surface area contributed by atoms with Gasteiger partial charge < -0.3 is 10.2 Å². The monoisotopic (exact) mass is 419 g/mol. The van der Waals surface area contributed by atoms with Crippen molar-refractivity contribution in [3.05, 3.63) is 71.8 Å². The predicted octanol–water partition coefficient (Wildman–Crippen LogP) is 3.42. The summed E-state index contributed by atoms with van der Waals surface area (Å²) in [5.74, 6) is 0.510. The first-order chi connectivity index (χ1) is 15.2. The van der Waals surface area contributed by atoms with Crippen molar-refractivity contribution in [2.75, 3.05) is 32.7 Å². The number of nitrogens with zero attached hydrogens (tertiary/aromatic N) is 2. The second-order valence-corrected chi connectivity index (χ2v) is 8.80. The second kappa shape index (κ2) is 10.6. The van der Waals surface area contributed by atoms with Crippen LogP contribution in [0.2, 0.25) is 0 Å². The van der Waals surface area contributed by atoms with Crippen LogP contribution in [0.5, 0.6) is 0 Å². The van der Waals surface area contributed by atoms with Crippen molar-refractivity contribution in [3.8, 4) is 0 Å². The Morgan fingerprint density at radius 1 is 0.871 bits per heavy atom. The van der Waals surface area contributed by atoms with E-state index in [1.54, 1.807) is 0 Å². The molecule has 1 atom stereocenters. The summed E-state index contributed by atoms with van der Waals surface area (Å²) in [6, 6.07) is 20.4. The lowest BCUT2D eigenvalue weighted by Gasteiger charge is -2.33. The summed E-state index contributed by atoms with van der Waals surface area (Å²) in [6.07, 6.45) is 4.75. The van der Waals surface area contributed by atoms with Crippen molar-refractivity contribution < 1.29 is 9.59 Å². The number of likely N-dealkylation sites (tertiary alicyclic amines) is 2. The number of amides is 2. The number of benzene rings is 2. The molecule has 2 aromatic rings. The van der Waals surface area contributed by atoms with Crippen LogP contribution in [0, 0.1) is 5.92 Å². The van der Waals surface area contributed by atoms with E-state index >= 15 is 0 Å². The van der Waals surface area contributed by atoms with Gasteiger partial charge in [0.05, 0.1) is 12.6 Å². The van der Waals surface area contributed by atoms with Crippen LogP contribution in [0.4, 0.5) is 0 Å². The molecular formula is C26H33N3O2. The zero-order valence-corrected chi connectivity index (χ0v) is 18.2. The molecule has 0 spiro atoms. The molecule has 5 nitrogen and oxygen atoms in total. The molecule has 0 aromatic heterocycles. The summed E-state index contributed by atoms with van der Waals surface area (Å²) in [5, 5.41) is 3.25. The van der Waals surface area contributed by atoms with Crippen LogP contribution in [-0.2, 0) is 16.0 Å². The minimum Gasteiger partial charge on any atom is -0.348 e. The molecule has 1 unspecified atom stereocenters. The van der Waals surface area contributed by atoms with Crippen LogP contribution in [0.1, 0.15) is 42.9 Å². The van der Waals surface area contributed by atoms with E-state index < -0.39 is 0 Å². The summed E-state index contributed by atoms with van der Waals surface area (Å²) in [7, 11) is 0. The Morgan fingerprint density at radius 3 is 2.13 bits per heavy atom. The minimum atomic E-state index is -0.0506. The van der Waals surface area contributed by atoms with E-state index in [0.29, 0.717) is 12.5 Å². The summed E-state index contributed by atoms with van der Waals surface area (Å²) in [4.78, 5) is 29.7. The molecule has 0 aliphatic carbocycles. The van der Waals surface area contributed by atoms with Gasteiger partial charge in [-0.2, -0.15) is 0 Å². The standard InChI is InChI=1S/C26H33N3O2/c30-25(20-28-17-13-23(14-18-28)26(31)29-15-7-8-16-29)27-24(22-11-5-2-6-12-22)19-21-9-3-1-4-10-21/h1-6,9-12,23-24H,7-8,13-20H2,(H,27,30). The molecule has 2 heterocycles. The number of rotatable bonds is 7. The molecule has 2 aliphatic rings. The van der Waals surface area contributed by atoms with Gasteiger partial charge in [-0.05, 0) is 56.3 Å². The highest BCUT2D eigenvalue weighted by Gasteiger charge is 2.30. The lowest BCUT2D eigenvalue weighted by atomic mass is 9.95. The van der Waals surface area contributed by atoms with Crippen molar-refractivity contribution in [2.45, 2.75) is 38.1 Å². The largest absolute Gasteiger partial charge is 0.348 e. The number of nitrogens with one attached hydrogen (secondary N) is 1. The van der Waals surface area contributed by atoms with Gasteiger partial charge in [-0.1, -0.05) is 60.7 Å². The maximum atomic E-state index is 12.9. The second-order valence-electron chi connectivity index (χ2n) is 8.80. The molecule has 5 heteroatoms. The maximum Gasteiger partial charge on any atom is 0.234 e. The van der Waals surface area contributed by atoms with Crippen molar-refractivity contribution in [3.63, 3.8) is 0 Å². The molecule has 0 radical (unpaired) electrons. The van der Waals surface area contributed by atoms with E-state index in [4.69, 9.17) is 0 Å². The smallest absolute Gasteiger partial charge is 0.234 e. The van der Waals surface area contributed by atoms with Crippen molar-refractivity contribution >= 4 is 11.8 Å². The molecule has 2 fully saturated rings. The lowest BCUT2D eigenvalue weighted by Crippen LogP contribution is -2.45. The Morgan fingerprint density at radius 2 is 1.48 bits per heavy atom. The zero-order valence-electron chi connectivity index (χ0n) is 18.2. The quantitative estimate of drug-likeness (QED) is 0.748. The third kappa shape index (κ3) is 5.95. The summed E-state index contributed by atoms with van der Waals surface area (Å²) >= 11 is 0. The summed E-state index contributed by atoms with van der Waals surface area (Å²) in [6.45, 7) is 3.86. The average Bonchev–Trinajstić information content (AvgIpc) is 3.35. The number of hydrogen-bond donors (Lipinski definition) is 1. The Bertz CT molecular complexity index is 841. The van der Waals surface area contributed by atoms with Crippen LogP contribution in [0.15, 0.2) is 60.7 Å². The van der Waals surface area contributed by atoms with E-state index in [9.17, 15) is 9.59 Å². The minimum absolute atomic E-state index is 0.0501. The Hall–Kier alpha value is -2.66. The third-order valence-electron chi connectivity index (χ3n) is 6.54. The van der Waals surface area contributed by atoms with Gasteiger partial charge in [-0.25, -0.2) is 0 Å². The van der Waals surface area contributed by atoms with Gasteiger partial charge in [0, 0.05) is 19.0 Å². The normalized spacial score (nSPS) is 18.6. The zero-order chi connectivity index (χ0) is 21.5. The fourth-order valence-electron chi connectivity index (χ4n) is 4.76. The van der Waals surface area contributed by atoms with Crippen LogP contribution >= 0.6 is 0 Å². The Labute approximate surface area is 185 Å².